The first kappa shape index (κ1) is 16.4. The summed E-state index contributed by atoms with van der Waals surface area (Å²) in [7, 11) is 0. The third-order valence-corrected chi connectivity index (χ3v) is 4.86. The number of morpholine rings is 1. The van der Waals surface area contributed by atoms with Crippen molar-refractivity contribution in [2.75, 3.05) is 26.3 Å². The average molecular weight is 323 g/mol. The first-order chi connectivity index (χ1) is 11.2. The van der Waals surface area contributed by atoms with Gasteiger partial charge in [-0.1, -0.05) is 12.8 Å². The van der Waals surface area contributed by atoms with Gasteiger partial charge in [0.2, 0.25) is 0 Å². The van der Waals surface area contributed by atoms with Crippen LogP contribution < -0.4 is 5.32 Å². The van der Waals surface area contributed by atoms with Gasteiger partial charge in [0.15, 0.2) is 12.1 Å². The lowest BCUT2D eigenvalue weighted by Crippen LogP contribution is -2.55. The maximum Gasteiger partial charge on any atom is 0.273 e. The molecule has 1 saturated carbocycles. The van der Waals surface area contributed by atoms with Crippen LogP contribution in [0.2, 0.25) is 0 Å². The number of nitrogens with one attached hydrogen (secondary N) is 1. The largest absolute Gasteiger partial charge is 0.448 e. The summed E-state index contributed by atoms with van der Waals surface area (Å²) in [6.45, 7) is 4.80. The minimum absolute atomic E-state index is 0.0742. The van der Waals surface area contributed by atoms with E-state index in [-0.39, 0.29) is 18.0 Å². The topological polar surface area (TPSA) is 87.8 Å². The standard InChI is InChI=1S/C16H25N3O4/c1-11-14(17-10-23-11)16(21)18-12-4-2-3-5-13(15(12)20)19-6-8-22-9-7-19/h10,12-13,15,20H,2-9H2,1H3,(H,18,21)/t12-,13-,15-/m1/s1. The van der Waals surface area contributed by atoms with Gasteiger partial charge in [-0.25, -0.2) is 4.98 Å². The molecule has 0 spiro atoms. The molecule has 7 nitrogen and oxygen atoms in total. The molecular formula is C16H25N3O4. The number of aryl methyl sites for hydroxylation is 1. The van der Waals surface area contributed by atoms with Gasteiger partial charge in [0, 0.05) is 19.1 Å². The number of aromatic nitrogens is 1. The van der Waals surface area contributed by atoms with E-state index >= 15 is 0 Å². The molecule has 0 radical (unpaired) electrons. The Labute approximate surface area is 136 Å². The van der Waals surface area contributed by atoms with Crippen molar-refractivity contribution in [3.05, 3.63) is 17.8 Å². The Balaban J connectivity index is 1.67. The van der Waals surface area contributed by atoms with E-state index in [0.717, 1.165) is 38.8 Å². The molecule has 1 aliphatic carbocycles. The molecule has 2 heterocycles. The van der Waals surface area contributed by atoms with E-state index in [1.165, 1.54) is 6.39 Å². The molecule has 0 bridgehead atoms. The van der Waals surface area contributed by atoms with Gasteiger partial charge < -0.3 is 19.6 Å². The Morgan fingerprint density at radius 3 is 2.78 bits per heavy atom. The molecule has 2 N–H and O–H groups in total. The normalized spacial score (nSPS) is 29.9. The van der Waals surface area contributed by atoms with E-state index in [1.54, 1.807) is 6.92 Å². The van der Waals surface area contributed by atoms with Gasteiger partial charge >= 0.3 is 0 Å². The Morgan fingerprint density at radius 1 is 1.35 bits per heavy atom. The van der Waals surface area contributed by atoms with Gasteiger partial charge in [0.25, 0.3) is 5.91 Å². The van der Waals surface area contributed by atoms with Gasteiger partial charge in [-0.3, -0.25) is 9.69 Å². The van der Waals surface area contributed by atoms with Crippen LogP contribution in [0.15, 0.2) is 10.8 Å². The maximum atomic E-state index is 12.4. The van der Waals surface area contributed by atoms with Crippen LogP contribution in [0.4, 0.5) is 0 Å². The highest BCUT2D eigenvalue weighted by Crippen LogP contribution is 2.24. The number of aliphatic hydroxyl groups excluding tert-OH is 1. The Bertz CT molecular complexity index is 527. The van der Waals surface area contributed by atoms with Crippen molar-refractivity contribution in [1.29, 1.82) is 0 Å². The van der Waals surface area contributed by atoms with Gasteiger partial charge in [0.1, 0.15) is 5.76 Å². The van der Waals surface area contributed by atoms with E-state index in [4.69, 9.17) is 9.15 Å². The molecule has 1 aromatic heterocycles. The summed E-state index contributed by atoms with van der Waals surface area (Å²) in [6.07, 6.45) is 4.49. The number of carbonyl (C=O) groups excluding carboxylic acids is 1. The molecule has 1 saturated heterocycles. The number of hydrogen-bond donors (Lipinski definition) is 2. The van der Waals surface area contributed by atoms with Crippen LogP contribution in [0.1, 0.15) is 41.9 Å². The Hall–Kier alpha value is -1.44. The summed E-state index contributed by atoms with van der Waals surface area (Å²) in [5, 5.41) is 13.8. The molecule has 2 fully saturated rings. The van der Waals surface area contributed by atoms with Crippen LogP contribution in [0.5, 0.6) is 0 Å². The van der Waals surface area contributed by atoms with Crippen molar-refractivity contribution >= 4 is 5.91 Å². The van der Waals surface area contributed by atoms with E-state index in [9.17, 15) is 9.90 Å². The highest BCUT2D eigenvalue weighted by molar-refractivity contribution is 5.93. The van der Waals surface area contributed by atoms with Gasteiger partial charge in [-0.15, -0.1) is 0 Å². The number of ether oxygens (including phenoxy) is 1. The molecule has 2 aliphatic rings. The second-order valence-electron chi connectivity index (χ2n) is 6.33. The lowest BCUT2D eigenvalue weighted by Gasteiger charge is -2.38. The molecule has 23 heavy (non-hydrogen) atoms. The quantitative estimate of drug-likeness (QED) is 0.797. The third-order valence-electron chi connectivity index (χ3n) is 4.86. The average Bonchev–Trinajstić information content (AvgIpc) is 2.91. The van der Waals surface area contributed by atoms with Crippen LogP contribution in [0.25, 0.3) is 0 Å². The van der Waals surface area contributed by atoms with Crippen molar-refractivity contribution in [1.82, 2.24) is 15.2 Å². The number of nitrogens with zero attached hydrogens (tertiary/aromatic N) is 2. The van der Waals surface area contributed by atoms with Crippen molar-refractivity contribution in [2.24, 2.45) is 0 Å². The van der Waals surface area contributed by atoms with Crippen LogP contribution in [-0.2, 0) is 4.74 Å². The zero-order valence-corrected chi connectivity index (χ0v) is 13.5. The summed E-state index contributed by atoms with van der Waals surface area (Å²) >= 11 is 0. The molecular weight excluding hydrogens is 298 g/mol. The molecule has 1 aliphatic heterocycles. The van der Waals surface area contributed by atoms with Crippen molar-refractivity contribution in [3.8, 4) is 0 Å². The van der Waals surface area contributed by atoms with Crippen LogP contribution in [0.3, 0.4) is 0 Å². The van der Waals surface area contributed by atoms with Crippen LogP contribution in [0, 0.1) is 6.92 Å². The molecule has 1 aromatic rings. The molecule has 1 amide bonds. The molecule has 128 valence electrons. The highest BCUT2D eigenvalue weighted by Gasteiger charge is 2.35. The van der Waals surface area contributed by atoms with Gasteiger partial charge in [-0.2, -0.15) is 0 Å². The number of rotatable bonds is 3. The first-order valence-electron chi connectivity index (χ1n) is 8.37. The second-order valence-corrected chi connectivity index (χ2v) is 6.33. The summed E-state index contributed by atoms with van der Waals surface area (Å²) in [6, 6.07) is -0.181. The van der Waals surface area contributed by atoms with Gasteiger partial charge in [0.05, 0.1) is 25.4 Å². The minimum atomic E-state index is -0.577. The summed E-state index contributed by atoms with van der Waals surface area (Å²) in [5.74, 6) is 0.221. The smallest absolute Gasteiger partial charge is 0.273 e. The molecule has 3 rings (SSSR count). The SMILES string of the molecule is Cc1ocnc1C(=O)N[C@@H]1CCCC[C@@H](N2CCOCC2)[C@@H]1O. The van der Waals surface area contributed by atoms with E-state index in [0.29, 0.717) is 24.7 Å². The molecule has 0 unspecified atom stereocenters. The zero-order valence-electron chi connectivity index (χ0n) is 13.5. The van der Waals surface area contributed by atoms with E-state index < -0.39 is 6.10 Å². The van der Waals surface area contributed by atoms with Crippen molar-refractivity contribution in [3.63, 3.8) is 0 Å². The number of amides is 1. The second kappa shape index (κ2) is 7.42. The van der Waals surface area contributed by atoms with Crippen LogP contribution >= 0.6 is 0 Å². The number of oxazole rings is 1. The molecule has 0 aromatic carbocycles. The predicted molar refractivity (Wildman–Crippen MR) is 83.1 cm³/mol. The number of aliphatic hydroxyl groups is 1. The van der Waals surface area contributed by atoms with E-state index in [2.05, 4.69) is 15.2 Å². The fourth-order valence-corrected chi connectivity index (χ4v) is 3.55. The predicted octanol–water partition coefficient (Wildman–Crippen LogP) is 0.717. The number of hydrogen-bond acceptors (Lipinski definition) is 6. The summed E-state index contributed by atoms with van der Waals surface area (Å²) in [4.78, 5) is 18.6. The Morgan fingerprint density at radius 2 is 2.09 bits per heavy atom. The summed E-state index contributed by atoms with van der Waals surface area (Å²) < 4.78 is 10.5. The first-order valence-corrected chi connectivity index (χ1v) is 8.37. The zero-order chi connectivity index (χ0) is 16.2. The lowest BCUT2D eigenvalue weighted by molar-refractivity contribution is -0.0308. The van der Waals surface area contributed by atoms with Crippen LogP contribution in [-0.4, -0.2) is 65.4 Å². The lowest BCUT2D eigenvalue weighted by atomic mass is 9.99. The minimum Gasteiger partial charge on any atom is -0.448 e. The van der Waals surface area contributed by atoms with Crippen molar-refractivity contribution in [2.45, 2.75) is 50.8 Å². The van der Waals surface area contributed by atoms with Gasteiger partial charge in [-0.05, 0) is 19.8 Å². The Kier molecular flexibility index (Phi) is 5.30. The summed E-state index contributed by atoms with van der Waals surface area (Å²) in [5.41, 5.74) is 0.296. The molecule has 3 atom stereocenters. The highest BCUT2D eigenvalue weighted by atomic mass is 16.5. The molecule has 7 heteroatoms. The van der Waals surface area contributed by atoms with E-state index in [1.807, 2.05) is 0 Å². The maximum absolute atomic E-state index is 12.4. The monoisotopic (exact) mass is 323 g/mol. The number of carbonyl (C=O) groups is 1. The fraction of sp³-hybridized carbons (Fsp3) is 0.750. The van der Waals surface area contributed by atoms with Crippen molar-refractivity contribution < 1.29 is 19.1 Å². The third kappa shape index (κ3) is 3.73. The fourth-order valence-electron chi connectivity index (χ4n) is 3.55.